The van der Waals surface area contributed by atoms with Crippen molar-refractivity contribution in [2.45, 2.75) is 0 Å². The summed E-state index contributed by atoms with van der Waals surface area (Å²) < 4.78 is 1.10. The lowest BCUT2D eigenvalue weighted by atomic mass is 10.9. The SMILES string of the molecule is Nc1nc(N)n(-c2nnc(Nc3n[nH]c(N)n3)nn2)n1. The Kier molecular flexibility index (Phi) is 2.45. The lowest BCUT2D eigenvalue weighted by Gasteiger charge is -2.00. The average Bonchev–Trinajstić information content (AvgIpc) is 2.96. The number of nitrogens with zero attached hydrogens (tertiary/aromatic N) is 9. The van der Waals surface area contributed by atoms with Gasteiger partial charge in [-0.1, -0.05) is 0 Å². The normalized spacial score (nSPS) is 10.6. The molecular formula is C6H8N14. The number of nitrogen functional groups attached to an aromatic ring is 3. The number of nitrogens with one attached hydrogen (secondary N) is 2. The molecule has 3 heterocycles. The van der Waals surface area contributed by atoms with Crippen LogP contribution in [0.1, 0.15) is 0 Å². The van der Waals surface area contributed by atoms with Crippen LogP contribution in [0.25, 0.3) is 5.95 Å². The lowest BCUT2D eigenvalue weighted by Crippen LogP contribution is -2.11. The van der Waals surface area contributed by atoms with Gasteiger partial charge in [0.2, 0.25) is 17.8 Å². The molecule has 14 nitrogen and oxygen atoms in total. The molecule has 3 aromatic heterocycles. The number of hydrogen-bond acceptors (Lipinski definition) is 12. The number of hydrogen-bond donors (Lipinski definition) is 5. The molecule has 0 amide bonds. The van der Waals surface area contributed by atoms with E-state index < -0.39 is 0 Å². The minimum absolute atomic E-state index is 0.00972. The smallest absolute Gasteiger partial charge is 0.292 e. The molecule has 0 saturated heterocycles. The third-order valence-corrected chi connectivity index (χ3v) is 2.03. The van der Waals surface area contributed by atoms with E-state index in [9.17, 15) is 0 Å². The number of H-pyrrole nitrogens is 1. The number of aromatic amines is 1. The molecule has 8 N–H and O–H groups in total. The summed E-state index contributed by atoms with van der Waals surface area (Å²) in [5, 5.41) is 27.7. The van der Waals surface area contributed by atoms with Crippen molar-refractivity contribution in [2.24, 2.45) is 0 Å². The third kappa shape index (κ3) is 2.07. The van der Waals surface area contributed by atoms with Crippen LogP contribution in [-0.2, 0) is 0 Å². The first-order valence-electron chi connectivity index (χ1n) is 5.12. The molecule has 0 saturated carbocycles. The van der Waals surface area contributed by atoms with Gasteiger partial charge in [-0.05, 0) is 0 Å². The second-order valence-electron chi connectivity index (χ2n) is 3.43. The average molecular weight is 276 g/mol. The zero-order valence-electron chi connectivity index (χ0n) is 9.76. The Morgan fingerprint density at radius 2 is 1.70 bits per heavy atom. The van der Waals surface area contributed by atoms with Crippen LogP contribution in [0.15, 0.2) is 0 Å². The van der Waals surface area contributed by atoms with Gasteiger partial charge in [0.1, 0.15) is 0 Å². The maximum atomic E-state index is 5.56. The van der Waals surface area contributed by atoms with Gasteiger partial charge in [-0.25, -0.2) is 5.10 Å². The molecule has 0 aromatic carbocycles. The Balaban J connectivity index is 1.82. The summed E-state index contributed by atoms with van der Waals surface area (Å²) in [6.07, 6.45) is 0. The zero-order chi connectivity index (χ0) is 14.1. The molecule has 0 aliphatic rings. The molecule has 0 aliphatic carbocycles. The van der Waals surface area contributed by atoms with Gasteiger partial charge < -0.3 is 17.2 Å². The topological polar surface area (TPSA) is 214 Å². The fraction of sp³-hybridized carbons (Fsp3) is 0. The van der Waals surface area contributed by atoms with Crippen molar-refractivity contribution in [1.82, 2.24) is 50.3 Å². The molecule has 0 atom stereocenters. The van der Waals surface area contributed by atoms with E-state index in [4.69, 9.17) is 17.2 Å². The maximum Gasteiger partial charge on any atom is 0.292 e. The highest BCUT2D eigenvalue weighted by molar-refractivity contribution is 5.42. The number of anilines is 5. The Morgan fingerprint density at radius 1 is 0.950 bits per heavy atom. The summed E-state index contributed by atoms with van der Waals surface area (Å²) in [5.74, 6) is 0.434. The largest absolute Gasteiger partial charge is 0.368 e. The predicted octanol–water partition coefficient (Wildman–Crippen LogP) is -2.54. The predicted molar refractivity (Wildman–Crippen MR) is 65.4 cm³/mol. The summed E-state index contributed by atoms with van der Waals surface area (Å²) in [6.45, 7) is 0. The second kappa shape index (κ2) is 4.26. The van der Waals surface area contributed by atoms with Crippen molar-refractivity contribution in [3.63, 3.8) is 0 Å². The van der Waals surface area contributed by atoms with Crippen LogP contribution in [0.5, 0.6) is 0 Å². The second-order valence-corrected chi connectivity index (χ2v) is 3.43. The van der Waals surface area contributed by atoms with Crippen molar-refractivity contribution in [1.29, 1.82) is 0 Å². The minimum Gasteiger partial charge on any atom is -0.368 e. The van der Waals surface area contributed by atoms with Crippen molar-refractivity contribution in [3.8, 4) is 5.95 Å². The van der Waals surface area contributed by atoms with Gasteiger partial charge in [0.05, 0.1) is 0 Å². The molecule has 0 radical (unpaired) electrons. The van der Waals surface area contributed by atoms with Gasteiger partial charge in [-0.15, -0.1) is 30.6 Å². The van der Waals surface area contributed by atoms with E-state index in [0.29, 0.717) is 0 Å². The molecule has 0 spiro atoms. The molecule has 0 aliphatic heterocycles. The quantitative estimate of drug-likeness (QED) is 0.334. The van der Waals surface area contributed by atoms with Gasteiger partial charge >= 0.3 is 0 Å². The highest BCUT2D eigenvalue weighted by Crippen LogP contribution is 2.08. The highest BCUT2D eigenvalue weighted by Gasteiger charge is 2.11. The van der Waals surface area contributed by atoms with E-state index >= 15 is 0 Å². The minimum atomic E-state index is -0.00972. The molecular weight excluding hydrogens is 268 g/mol. The molecule has 20 heavy (non-hydrogen) atoms. The van der Waals surface area contributed by atoms with E-state index in [1.807, 2.05) is 0 Å². The van der Waals surface area contributed by atoms with Gasteiger partial charge in [0.25, 0.3) is 17.8 Å². The van der Waals surface area contributed by atoms with Gasteiger partial charge in [-0.3, -0.25) is 5.32 Å². The van der Waals surface area contributed by atoms with Crippen molar-refractivity contribution >= 4 is 29.7 Å². The van der Waals surface area contributed by atoms with Crippen molar-refractivity contribution in [3.05, 3.63) is 0 Å². The molecule has 3 aromatic rings. The van der Waals surface area contributed by atoms with E-state index in [2.05, 4.69) is 51.0 Å². The first-order valence-corrected chi connectivity index (χ1v) is 5.12. The Labute approximate surface area is 109 Å². The van der Waals surface area contributed by atoms with Crippen LogP contribution >= 0.6 is 0 Å². The summed E-state index contributed by atoms with van der Waals surface area (Å²) in [5.41, 5.74) is 16.3. The summed E-state index contributed by atoms with van der Waals surface area (Å²) >= 11 is 0. The van der Waals surface area contributed by atoms with Gasteiger partial charge in [0, 0.05) is 0 Å². The first-order chi connectivity index (χ1) is 9.61. The fourth-order valence-corrected chi connectivity index (χ4v) is 1.28. The summed E-state index contributed by atoms with van der Waals surface area (Å²) in [4.78, 5) is 7.50. The van der Waals surface area contributed by atoms with Crippen LogP contribution in [0.4, 0.5) is 29.7 Å². The third-order valence-electron chi connectivity index (χ3n) is 2.03. The highest BCUT2D eigenvalue weighted by atomic mass is 15.5. The van der Waals surface area contributed by atoms with Crippen molar-refractivity contribution < 1.29 is 0 Å². The van der Waals surface area contributed by atoms with Crippen LogP contribution in [-0.4, -0.2) is 50.3 Å². The molecule has 0 unspecified atom stereocenters. The van der Waals surface area contributed by atoms with E-state index in [1.54, 1.807) is 0 Å². The maximum absolute atomic E-state index is 5.56. The van der Waals surface area contributed by atoms with Gasteiger partial charge in [0.15, 0.2) is 0 Å². The molecule has 0 bridgehead atoms. The Bertz CT molecular complexity index is 722. The fourth-order valence-electron chi connectivity index (χ4n) is 1.28. The summed E-state index contributed by atoms with van der Waals surface area (Å²) in [6, 6.07) is 0. The number of rotatable bonds is 3. The Morgan fingerprint density at radius 3 is 2.25 bits per heavy atom. The van der Waals surface area contributed by atoms with Crippen LogP contribution in [0.3, 0.4) is 0 Å². The first kappa shape index (κ1) is 11.5. The van der Waals surface area contributed by atoms with Crippen LogP contribution in [0, 0.1) is 0 Å². The molecule has 3 rings (SSSR count). The lowest BCUT2D eigenvalue weighted by molar-refractivity contribution is 0.739. The summed E-state index contributed by atoms with van der Waals surface area (Å²) in [7, 11) is 0. The van der Waals surface area contributed by atoms with Crippen LogP contribution in [0.2, 0.25) is 0 Å². The van der Waals surface area contributed by atoms with Crippen molar-refractivity contribution in [2.75, 3.05) is 22.5 Å². The Hall–Kier alpha value is -3.58. The van der Waals surface area contributed by atoms with Crippen LogP contribution < -0.4 is 22.5 Å². The molecule has 102 valence electrons. The monoisotopic (exact) mass is 276 g/mol. The van der Waals surface area contributed by atoms with E-state index in [-0.39, 0.29) is 35.7 Å². The standard InChI is InChI=1S/C6H8N14/c7-1-11-4(14-13-1)12-5-15-17-6(18-16-5)20-3(9)10-2(8)19-20/h(H4,8,9,10,19)(H4,7,11,12,13,14,15,16). The van der Waals surface area contributed by atoms with Gasteiger partial charge in [-0.2, -0.15) is 14.6 Å². The zero-order valence-corrected chi connectivity index (χ0v) is 9.76. The van der Waals surface area contributed by atoms with E-state index in [0.717, 1.165) is 4.68 Å². The number of aromatic nitrogens is 10. The molecule has 0 fully saturated rings. The molecule has 14 heteroatoms. The van der Waals surface area contributed by atoms with E-state index in [1.165, 1.54) is 0 Å². The number of nitrogens with two attached hydrogens (primary N) is 3.